The molecule has 1 N–H and O–H groups in total. The van der Waals surface area contributed by atoms with Gasteiger partial charge in [0.2, 0.25) is 0 Å². The van der Waals surface area contributed by atoms with E-state index in [0.29, 0.717) is 26.1 Å². The molecule has 2 heterocycles. The zero-order chi connectivity index (χ0) is 19.7. The largest absolute Gasteiger partial charge is 0.444 e. The highest BCUT2D eigenvalue weighted by Gasteiger charge is 2.49. The lowest BCUT2D eigenvalue weighted by atomic mass is 9.77. The summed E-state index contributed by atoms with van der Waals surface area (Å²) in [7, 11) is 0. The normalized spacial score (nSPS) is 28.1. The Bertz CT molecular complexity index is 635. The third-order valence-corrected chi connectivity index (χ3v) is 5.47. The van der Waals surface area contributed by atoms with E-state index >= 15 is 0 Å². The molecular formula is C22H33NO4. The molecule has 2 saturated heterocycles. The highest BCUT2D eigenvalue weighted by Crippen LogP contribution is 2.41. The van der Waals surface area contributed by atoms with E-state index in [1.807, 2.05) is 32.9 Å². The maximum absolute atomic E-state index is 12.7. The van der Waals surface area contributed by atoms with Crippen molar-refractivity contribution in [3.63, 3.8) is 0 Å². The SMILES string of the molecule is CCCCc1ccc(C2(O)CC3COCC(C2)N3C(=O)OC(C)(C)C)cc1. The minimum atomic E-state index is -0.930. The minimum absolute atomic E-state index is 0.169. The van der Waals surface area contributed by atoms with Gasteiger partial charge in [-0.1, -0.05) is 37.6 Å². The Labute approximate surface area is 162 Å². The van der Waals surface area contributed by atoms with Crippen LogP contribution in [0.25, 0.3) is 0 Å². The number of aryl methyl sites for hydroxylation is 1. The summed E-state index contributed by atoms with van der Waals surface area (Å²) in [5, 5.41) is 11.4. The van der Waals surface area contributed by atoms with Gasteiger partial charge in [-0.15, -0.1) is 0 Å². The van der Waals surface area contributed by atoms with Crippen molar-refractivity contribution in [2.75, 3.05) is 13.2 Å². The molecular weight excluding hydrogens is 342 g/mol. The number of nitrogens with zero attached hydrogens (tertiary/aromatic N) is 1. The number of carbonyl (C=O) groups excluding carboxylic acids is 1. The van der Waals surface area contributed by atoms with Crippen molar-refractivity contribution >= 4 is 6.09 Å². The smallest absolute Gasteiger partial charge is 0.410 e. The second kappa shape index (κ2) is 7.80. The molecule has 2 bridgehead atoms. The van der Waals surface area contributed by atoms with Crippen molar-refractivity contribution in [2.24, 2.45) is 0 Å². The third-order valence-electron chi connectivity index (χ3n) is 5.47. The molecule has 5 nitrogen and oxygen atoms in total. The van der Waals surface area contributed by atoms with Crippen molar-refractivity contribution in [2.45, 2.75) is 83.1 Å². The summed E-state index contributed by atoms with van der Waals surface area (Å²) in [6.45, 7) is 8.68. The highest BCUT2D eigenvalue weighted by molar-refractivity contribution is 5.69. The van der Waals surface area contributed by atoms with E-state index in [1.54, 1.807) is 4.90 Å². The number of aliphatic hydroxyl groups is 1. The van der Waals surface area contributed by atoms with Crippen LogP contribution in [-0.4, -0.2) is 47.0 Å². The Kier molecular flexibility index (Phi) is 5.82. The standard InChI is InChI=1S/C22H33NO4/c1-5-6-7-16-8-10-17(11-9-16)22(25)12-18-14-26-15-19(13-22)23(18)20(24)27-21(2,3)4/h8-11,18-19,25H,5-7,12-15H2,1-4H3. The van der Waals surface area contributed by atoms with Gasteiger partial charge in [0.15, 0.2) is 0 Å². The fraction of sp³-hybridized carbons (Fsp3) is 0.682. The second-order valence-electron chi connectivity index (χ2n) is 8.97. The lowest BCUT2D eigenvalue weighted by molar-refractivity contribution is -0.141. The summed E-state index contributed by atoms with van der Waals surface area (Å²) in [5.74, 6) is 0. The Morgan fingerprint density at radius 1 is 1.22 bits per heavy atom. The topological polar surface area (TPSA) is 59.0 Å². The molecule has 2 atom stereocenters. The number of unbranched alkanes of at least 4 members (excludes halogenated alkanes) is 1. The zero-order valence-electron chi connectivity index (χ0n) is 17.0. The first-order chi connectivity index (χ1) is 12.7. The molecule has 0 radical (unpaired) electrons. The summed E-state index contributed by atoms with van der Waals surface area (Å²) in [4.78, 5) is 14.5. The van der Waals surface area contributed by atoms with Gasteiger partial charge in [0.1, 0.15) is 5.60 Å². The molecule has 27 heavy (non-hydrogen) atoms. The summed E-state index contributed by atoms with van der Waals surface area (Å²) < 4.78 is 11.3. The molecule has 150 valence electrons. The third kappa shape index (κ3) is 4.64. The predicted octanol–water partition coefficient (Wildman–Crippen LogP) is 4.02. The average molecular weight is 376 g/mol. The van der Waals surface area contributed by atoms with Crippen LogP contribution in [-0.2, 0) is 21.5 Å². The molecule has 2 fully saturated rings. The van der Waals surface area contributed by atoms with Crippen LogP contribution in [0.1, 0.15) is 64.5 Å². The van der Waals surface area contributed by atoms with Crippen LogP contribution < -0.4 is 0 Å². The molecule has 2 unspecified atom stereocenters. The van der Waals surface area contributed by atoms with Gasteiger partial charge in [0, 0.05) is 12.8 Å². The molecule has 3 rings (SSSR count). The summed E-state index contributed by atoms with van der Waals surface area (Å²) in [6.07, 6.45) is 4.05. The van der Waals surface area contributed by atoms with E-state index in [1.165, 1.54) is 18.4 Å². The molecule has 0 aromatic heterocycles. The van der Waals surface area contributed by atoms with Gasteiger partial charge in [-0.2, -0.15) is 0 Å². The molecule has 2 aliphatic rings. The average Bonchev–Trinajstić information content (AvgIpc) is 2.58. The fourth-order valence-electron chi connectivity index (χ4n) is 4.19. The van der Waals surface area contributed by atoms with Crippen LogP contribution >= 0.6 is 0 Å². The maximum Gasteiger partial charge on any atom is 0.410 e. The van der Waals surface area contributed by atoms with Gasteiger partial charge < -0.3 is 14.6 Å². The van der Waals surface area contributed by atoms with Crippen LogP contribution in [0.2, 0.25) is 0 Å². The van der Waals surface area contributed by atoms with Crippen LogP contribution in [0.3, 0.4) is 0 Å². The number of morpholine rings is 1. The number of ether oxygens (including phenoxy) is 2. The number of benzene rings is 1. The van der Waals surface area contributed by atoms with Crippen molar-refractivity contribution in [3.05, 3.63) is 35.4 Å². The first-order valence-electron chi connectivity index (χ1n) is 10.1. The zero-order valence-corrected chi connectivity index (χ0v) is 17.0. The molecule has 0 aliphatic carbocycles. The molecule has 0 saturated carbocycles. The molecule has 1 aromatic carbocycles. The molecule has 0 spiro atoms. The van der Waals surface area contributed by atoms with Gasteiger partial charge in [0.05, 0.1) is 30.9 Å². The number of piperidine rings is 1. The molecule has 2 aliphatic heterocycles. The Morgan fingerprint density at radius 2 is 1.81 bits per heavy atom. The fourth-order valence-corrected chi connectivity index (χ4v) is 4.19. The minimum Gasteiger partial charge on any atom is -0.444 e. The number of carbonyl (C=O) groups is 1. The van der Waals surface area contributed by atoms with Crippen LogP contribution in [0, 0.1) is 0 Å². The molecule has 5 heteroatoms. The van der Waals surface area contributed by atoms with E-state index in [9.17, 15) is 9.90 Å². The number of fused-ring (bicyclic) bond motifs is 2. The van der Waals surface area contributed by atoms with Crippen LogP contribution in [0.5, 0.6) is 0 Å². The van der Waals surface area contributed by atoms with Gasteiger partial charge in [-0.3, -0.25) is 4.90 Å². The van der Waals surface area contributed by atoms with Crippen molar-refractivity contribution in [1.29, 1.82) is 0 Å². The van der Waals surface area contributed by atoms with Crippen LogP contribution in [0.4, 0.5) is 4.79 Å². The van der Waals surface area contributed by atoms with Gasteiger partial charge in [-0.05, 0) is 44.7 Å². The lowest BCUT2D eigenvalue weighted by Crippen LogP contribution is -2.63. The van der Waals surface area contributed by atoms with Crippen molar-refractivity contribution in [3.8, 4) is 0 Å². The summed E-state index contributed by atoms with van der Waals surface area (Å²) >= 11 is 0. The van der Waals surface area contributed by atoms with Crippen molar-refractivity contribution in [1.82, 2.24) is 4.90 Å². The first kappa shape index (κ1) is 20.2. The van der Waals surface area contributed by atoms with E-state index in [0.717, 1.165) is 12.0 Å². The van der Waals surface area contributed by atoms with E-state index in [4.69, 9.17) is 9.47 Å². The maximum atomic E-state index is 12.7. The number of amides is 1. The van der Waals surface area contributed by atoms with Gasteiger partial charge >= 0.3 is 6.09 Å². The van der Waals surface area contributed by atoms with Crippen LogP contribution in [0.15, 0.2) is 24.3 Å². The van der Waals surface area contributed by atoms with Gasteiger partial charge in [-0.25, -0.2) is 4.79 Å². The lowest BCUT2D eigenvalue weighted by Gasteiger charge is -2.51. The number of hydrogen-bond donors (Lipinski definition) is 1. The second-order valence-corrected chi connectivity index (χ2v) is 8.97. The summed E-state index contributed by atoms with van der Waals surface area (Å²) in [6, 6.07) is 8.00. The number of rotatable bonds is 4. The predicted molar refractivity (Wildman–Crippen MR) is 105 cm³/mol. The highest BCUT2D eigenvalue weighted by atomic mass is 16.6. The molecule has 1 amide bonds. The molecule has 1 aromatic rings. The van der Waals surface area contributed by atoms with E-state index in [2.05, 4.69) is 19.1 Å². The van der Waals surface area contributed by atoms with E-state index in [-0.39, 0.29) is 18.2 Å². The van der Waals surface area contributed by atoms with Crippen molar-refractivity contribution < 1.29 is 19.4 Å². The Morgan fingerprint density at radius 3 is 2.33 bits per heavy atom. The van der Waals surface area contributed by atoms with Gasteiger partial charge in [0.25, 0.3) is 0 Å². The quantitative estimate of drug-likeness (QED) is 0.864. The summed E-state index contributed by atoms with van der Waals surface area (Å²) in [5.41, 5.74) is 0.775. The number of hydrogen-bond acceptors (Lipinski definition) is 4. The Balaban J connectivity index is 1.75. The monoisotopic (exact) mass is 375 g/mol. The first-order valence-corrected chi connectivity index (χ1v) is 10.1. The van der Waals surface area contributed by atoms with E-state index < -0.39 is 11.2 Å². The Hall–Kier alpha value is -1.59.